The van der Waals surface area contributed by atoms with Gasteiger partial charge >= 0.3 is 0 Å². The van der Waals surface area contributed by atoms with Crippen LogP contribution in [0.15, 0.2) is 66.7 Å². The Labute approximate surface area is 179 Å². The molecule has 2 amide bonds. The molecule has 158 valence electrons. The third-order valence-corrected chi connectivity index (χ3v) is 4.88. The molecule has 7 nitrogen and oxygen atoms in total. The van der Waals surface area contributed by atoms with E-state index in [2.05, 4.69) is 10.6 Å². The Hall–Kier alpha value is -4.00. The minimum absolute atomic E-state index is 0.136. The maximum Gasteiger partial charge on any atom is 0.253 e. The van der Waals surface area contributed by atoms with Crippen LogP contribution >= 0.6 is 0 Å². The van der Waals surface area contributed by atoms with Gasteiger partial charge < -0.3 is 24.8 Å². The highest BCUT2D eigenvalue weighted by Gasteiger charge is 2.16. The molecule has 1 heterocycles. The smallest absolute Gasteiger partial charge is 0.253 e. The molecule has 0 atom stereocenters. The molecule has 0 aromatic heterocycles. The normalized spacial score (nSPS) is 11.6. The Morgan fingerprint density at radius 3 is 2.61 bits per heavy atom. The second-order valence-corrected chi connectivity index (χ2v) is 6.95. The molecule has 0 radical (unpaired) electrons. The largest absolute Gasteiger partial charge is 0.496 e. The number of para-hydroxylation sites is 2. The zero-order valence-corrected chi connectivity index (χ0v) is 17.0. The lowest BCUT2D eigenvalue weighted by molar-refractivity contribution is -0.115. The van der Waals surface area contributed by atoms with Gasteiger partial charge in [0.2, 0.25) is 12.7 Å². The number of carbonyl (C=O) groups is 2. The average molecular weight is 418 g/mol. The molecule has 0 spiro atoms. The van der Waals surface area contributed by atoms with Crippen molar-refractivity contribution >= 4 is 17.5 Å². The van der Waals surface area contributed by atoms with Gasteiger partial charge in [0, 0.05) is 12.1 Å². The first-order valence-corrected chi connectivity index (χ1v) is 9.81. The summed E-state index contributed by atoms with van der Waals surface area (Å²) in [5, 5.41) is 5.71. The maximum atomic E-state index is 12.8. The van der Waals surface area contributed by atoms with Gasteiger partial charge in [0.15, 0.2) is 11.5 Å². The predicted molar refractivity (Wildman–Crippen MR) is 116 cm³/mol. The van der Waals surface area contributed by atoms with Gasteiger partial charge in [-0.25, -0.2) is 0 Å². The number of benzene rings is 3. The Balaban J connectivity index is 1.41. The lowest BCUT2D eigenvalue weighted by Gasteiger charge is -2.13. The second kappa shape index (κ2) is 9.21. The molecule has 0 aliphatic carbocycles. The summed E-state index contributed by atoms with van der Waals surface area (Å²) in [6, 6.07) is 19.8. The molecule has 0 fully saturated rings. The van der Waals surface area contributed by atoms with Gasteiger partial charge in [-0.3, -0.25) is 9.59 Å². The molecular weight excluding hydrogens is 396 g/mol. The van der Waals surface area contributed by atoms with Crippen LogP contribution in [0.3, 0.4) is 0 Å². The number of methoxy groups -OCH3 is 1. The van der Waals surface area contributed by atoms with Crippen LogP contribution in [-0.4, -0.2) is 25.7 Å². The number of amides is 2. The van der Waals surface area contributed by atoms with Crippen molar-refractivity contribution in [2.24, 2.45) is 0 Å². The van der Waals surface area contributed by atoms with Crippen molar-refractivity contribution in [2.75, 3.05) is 19.2 Å². The van der Waals surface area contributed by atoms with Gasteiger partial charge in [-0.2, -0.15) is 0 Å². The molecule has 3 aromatic rings. The topological polar surface area (TPSA) is 85.9 Å². The van der Waals surface area contributed by atoms with Gasteiger partial charge in [-0.1, -0.05) is 36.4 Å². The number of fused-ring (bicyclic) bond motifs is 1. The molecule has 31 heavy (non-hydrogen) atoms. The molecule has 0 bridgehead atoms. The molecule has 0 saturated heterocycles. The van der Waals surface area contributed by atoms with Gasteiger partial charge in [-0.05, 0) is 35.9 Å². The molecular formula is C24H22N2O5. The number of hydrogen-bond donors (Lipinski definition) is 2. The van der Waals surface area contributed by atoms with E-state index in [1.165, 1.54) is 0 Å². The fourth-order valence-electron chi connectivity index (χ4n) is 3.33. The molecule has 2 N–H and O–H groups in total. The van der Waals surface area contributed by atoms with E-state index in [4.69, 9.17) is 14.2 Å². The molecule has 1 aliphatic rings. The molecule has 0 unspecified atom stereocenters. The third kappa shape index (κ3) is 4.78. The summed E-state index contributed by atoms with van der Waals surface area (Å²) in [5.74, 6) is 1.48. The van der Waals surface area contributed by atoms with Crippen LogP contribution < -0.4 is 24.8 Å². The summed E-state index contributed by atoms with van der Waals surface area (Å²) < 4.78 is 16.0. The molecule has 7 heteroatoms. The Morgan fingerprint density at radius 1 is 0.968 bits per heavy atom. The standard InChI is InChI=1S/C24H22N2O5/c1-29-20-9-5-2-6-17(20)13-23(27)26-19-8-4-3-7-18(19)24(28)25-14-16-10-11-21-22(12-16)31-15-30-21/h2-12H,13-15H2,1H3,(H,25,28)(H,26,27). The molecule has 1 aliphatic heterocycles. The lowest BCUT2D eigenvalue weighted by Crippen LogP contribution is -2.25. The SMILES string of the molecule is COc1ccccc1CC(=O)Nc1ccccc1C(=O)NCc1ccc2c(c1)OCO2. The Kier molecular flexibility index (Phi) is 6.03. The van der Waals surface area contributed by atoms with E-state index in [1.807, 2.05) is 36.4 Å². The van der Waals surface area contributed by atoms with E-state index >= 15 is 0 Å². The summed E-state index contributed by atoms with van der Waals surface area (Å²) in [5.41, 5.74) is 2.49. The molecule has 4 rings (SSSR count). The minimum Gasteiger partial charge on any atom is -0.496 e. The zero-order chi connectivity index (χ0) is 21.6. The monoisotopic (exact) mass is 418 g/mol. The van der Waals surface area contributed by atoms with Gasteiger partial charge in [0.1, 0.15) is 5.75 Å². The van der Waals surface area contributed by atoms with Crippen LogP contribution in [0.25, 0.3) is 0 Å². The number of carbonyl (C=O) groups excluding carboxylic acids is 2. The Morgan fingerprint density at radius 2 is 1.74 bits per heavy atom. The number of rotatable bonds is 7. The van der Waals surface area contributed by atoms with E-state index in [0.717, 1.165) is 11.1 Å². The molecule has 0 saturated carbocycles. The van der Waals surface area contributed by atoms with Crippen molar-refractivity contribution < 1.29 is 23.8 Å². The summed E-state index contributed by atoms with van der Waals surface area (Å²) in [4.78, 5) is 25.4. The van der Waals surface area contributed by atoms with Crippen LogP contribution in [0, 0.1) is 0 Å². The second-order valence-electron chi connectivity index (χ2n) is 6.95. The summed E-state index contributed by atoms with van der Waals surface area (Å²) >= 11 is 0. The van der Waals surface area contributed by atoms with Gasteiger partial charge in [0.05, 0.1) is 24.8 Å². The van der Waals surface area contributed by atoms with E-state index in [9.17, 15) is 9.59 Å². The minimum atomic E-state index is -0.286. The first kappa shape index (κ1) is 20.3. The number of hydrogen-bond acceptors (Lipinski definition) is 5. The van der Waals surface area contributed by atoms with Gasteiger partial charge in [0.25, 0.3) is 5.91 Å². The number of nitrogens with one attached hydrogen (secondary N) is 2. The van der Waals surface area contributed by atoms with Crippen molar-refractivity contribution in [3.63, 3.8) is 0 Å². The Bertz CT molecular complexity index is 1110. The first-order valence-electron chi connectivity index (χ1n) is 9.81. The van der Waals surface area contributed by atoms with Crippen LogP contribution in [-0.2, 0) is 17.8 Å². The zero-order valence-electron chi connectivity index (χ0n) is 17.0. The highest BCUT2D eigenvalue weighted by molar-refractivity contribution is 6.04. The molecule has 3 aromatic carbocycles. The van der Waals surface area contributed by atoms with E-state index < -0.39 is 0 Å². The fourth-order valence-corrected chi connectivity index (χ4v) is 3.33. The van der Waals surface area contributed by atoms with Crippen LogP contribution in [0.5, 0.6) is 17.2 Å². The highest BCUT2D eigenvalue weighted by Crippen LogP contribution is 2.32. The summed E-state index contributed by atoms with van der Waals surface area (Å²) in [6.45, 7) is 0.520. The quantitative estimate of drug-likeness (QED) is 0.613. The van der Waals surface area contributed by atoms with Crippen LogP contribution in [0.4, 0.5) is 5.69 Å². The highest BCUT2D eigenvalue weighted by atomic mass is 16.7. The van der Waals surface area contributed by atoms with Gasteiger partial charge in [-0.15, -0.1) is 0 Å². The van der Waals surface area contributed by atoms with Crippen LogP contribution in [0.1, 0.15) is 21.5 Å². The van der Waals surface area contributed by atoms with E-state index in [0.29, 0.717) is 35.0 Å². The lowest BCUT2D eigenvalue weighted by atomic mass is 10.1. The van der Waals surface area contributed by atoms with E-state index in [1.54, 1.807) is 37.4 Å². The van der Waals surface area contributed by atoms with Crippen molar-refractivity contribution in [3.8, 4) is 17.2 Å². The average Bonchev–Trinajstić information content (AvgIpc) is 3.26. The first-order chi connectivity index (χ1) is 15.1. The van der Waals surface area contributed by atoms with Crippen molar-refractivity contribution in [1.29, 1.82) is 0 Å². The number of ether oxygens (including phenoxy) is 3. The summed E-state index contributed by atoms with van der Waals surface area (Å²) in [6.07, 6.45) is 0.136. The maximum absolute atomic E-state index is 12.8. The fraction of sp³-hybridized carbons (Fsp3) is 0.167. The number of anilines is 1. The van der Waals surface area contributed by atoms with Crippen molar-refractivity contribution in [1.82, 2.24) is 5.32 Å². The van der Waals surface area contributed by atoms with Crippen LogP contribution in [0.2, 0.25) is 0 Å². The van der Waals surface area contributed by atoms with Crippen molar-refractivity contribution in [2.45, 2.75) is 13.0 Å². The van der Waals surface area contributed by atoms with E-state index in [-0.39, 0.29) is 25.0 Å². The summed E-state index contributed by atoms with van der Waals surface area (Å²) in [7, 11) is 1.57. The predicted octanol–water partition coefficient (Wildman–Crippen LogP) is 3.54. The van der Waals surface area contributed by atoms with Crippen molar-refractivity contribution in [3.05, 3.63) is 83.4 Å². The third-order valence-electron chi connectivity index (χ3n) is 4.88.